The molecule has 0 aromatic heterocycles. The summed E-state index contributed by atoms with van der Waals surface area (Å²) in [4.78, 5) is 22.4. The first-order valence-corrected chi connectivity index (χ1v) is 5.92. The Morgan fingerprint density at radius 3 is 1.82 bits per heavy atom. The second-order valence-electron chi connectivity index (χ2n) is 2.72. The molecule has 0 rings (SSSR count). The van der Waals surface area contributed by atoms with Crippen LogP contribution in [0.5, 0.6) is 0 Å². The van der Waals surface area contributed by atoms with Gasteiger partial charge in [0.2, 0.25) is 0 Å². The van der Waals surface area contributed by atoms with E-state index in [-0.39, 0.29) is 29.6 Å². The molecular weight excluding hydrogens is 262 g/mol. The van der Waals surface area contributed by atoms with Crippen molar-refractivity contribution in [2.75, 3.05) is 28.4 Å². The maximum atomic E-state index is 11.9. The number of carbonyl (C=O) groups is 2. The molecule has 0 aliphatic carbocycles. The van der Waals surface area contributed by atoms with Crippen LogP contribution in [0.2, 0.25) is 0 Å². The first-order chi connectivity index (χ1) is 7.45. The fraction of sp³-hybridized carbons (Fsp3) is 0.750. The predicted octanol–water partition coefficient (Wildman–Crippen LogP) is -0.0715. The summed E-state index contributed by atoms with van der Waals surface area (Å²) < 4.78 is 30.0. The van der Waals surface area contributed by atoms with Crippen LogP contribution >= 0.6 is 7.60 Å². The standard InChI is InChI=1S/C8H15O7P.Na.H/c1-12-7(9)5-6(8(10)13-2)16(11,14-3)15-4;;/h6H,5H2,1-4H3;;. The van der Waals surface area contributed by atoms with Gasteiger partial charge < -0.3 is 18.5 Å². The second-order valence-corrected chi connectivity index (χ2v) is 5.16. The van der Waals surface area contributed by atoms with Crippen LogP contribution in [0, 0.1) is 0 Å². The average Bonchev–Trinajstić information content (AvgIpc) is 2.33. The Hall–Kier alpha value is 0.0900. The van der Waals surface area contributed by atoms with Gasteiger partial charge in [-0.2, -0.15) is 0 Å². The Labute approximate surface area is 122 Å². The quantitative estimate of drug-likeness (QED) is 0.381. The van der Waals surface area contributed by atoms with Gasteiger partial charge in [-0.1, -0.05) is 0 Å². The summed E-state index contributed by atoms with van der Waals surface area (Å²) in [6.07, 6.45) is -0.428. The molecule has 0 bridgehead atoms. The SMILES string of the molecule is COC(=O)CC(C(=O)OC)P(=O)(OC)OC.[NaH]. The molecule has 0 aromatic rings. The topological polar surface area (TPSA) is 88.1 Å². The molecule has 0 N–H and O–H groups in total. The normalized spacial score (nSPS) is 12.2. The van der Waals surface area contributed by atoms with Gasteiger partial charge in [0.05, 0.1) is 20.6 Å². The summed E-state index contributed by atoms with van der Waals surface area (Å²) in [6, 6.07) is 0. The number of hydrogen-bond acceptors (Lipinski definition) is 7. The van der Waals surface area contributed by atoms with E-state index in [9.17, 15) is 14.2 Å². The molecule has 7 nitrogen and oxygen atoms in total. The van der Waals surface area contributed by atoms with Crippen LogP contribution in [0.15, 0.2) is 0 Å². The van der Waals surface area contributed by atoms with E-state index >= 15 is 0 Å². The third kappa shape index (κ3) is 5.50. The van der Waals surface area contributed by atoms with Crippen LogP contribution in [0.4, 0.5) is 0 Å². The molecular formula is C8H16NaO7P. The molecule has 0 saturated heterocycles. The van der Waals surface area contributed by atoms with Crippen LogP contribution in [0.3, 0.4) is 0 Å². The van der Waals surface area contributed by atoms with E-state index in [0.29, 0.717) is 0 Å². The van der Waals surface area contributed by atoms with E-state index in [4.69, 9.17) is 0 Å². The number of ether oxygens (including phenoxy) is 2. The zero-order valence-corrected chi connectivity index (χ0v) is 10.5. The van der Waals surface area contributed by atoms with E-state index in [0.717, 1.165) is 28.4 Å². The van der Waals surface area contributed by atoms with Crippen molar-refractivity contribution < 1.29 is 32.7 Å². The van der Waals surface area contributed by atoms with Gasteiger partial charge in [0.25, 0.3) is 0 Å². The number of carbonyl (C=O) groups excluding carboxylic acids is 2. The maximum absolute atomic E-state index is 11.9. The van der Waals surface area contributed by atoms with Gasteiger partial charge in [-0.15, -0.1) is 0 Å². The van der Waals surface area contributed by atoms with Gasteiger partial charge in [0.15, 0.2) is 5.66 Å². The summed E-state index contributed by atoms with van der Waals surface area (Å²) in [5.41, 5.74) is -1.32. The Balaban J connectivity index is 0. The van der Waals surface area contributed by atoms with Gasteiger partial charge in [0, 0.05) is 14.2 Å². The van der Waals surface area contributed by atoms with Gasteiger partial charge in [-0.25, -0.2) is 0 Å². The monoisotopic (exact) mass is 278 g/mol. The van der Waals surface area contributed by atoms with Crippen LogP contribution in [0.25, 0.3) is 0 Å². The first-order valence-electron chi connectivity index (χ1n) is 4.31. The van der Waals surface area contributed by atoms with Gasteiger partial charge >= 0.3 is 49.1 Å². The fourth-order valence-electron chi connectivity index (χ4n) is 1.03. The van der Waals surface area contributed by atoms with Crippen LogP contribution in [0.1, 0.15) is 6.42 Å². The first kappa shape index (κ1) is 19.4. The summed E-state index contributed by atoms with van der Waals surface area (Å²) in [6.45, 7) is 0. The average molecular weight is 278 g/mol. The molecule has 0 aliphatic rings. The molecule has 0 amide bonds. The van der Waals surface area contributed by atoms with Crippen LogP contribution in [-0.2, 0) is 32.7 Å². The molecule has 0 fully saturated rings. The molecule has 9 heteroatoms. The van der Waals surface area contributed by atoms with Gasteiger partial charge in [-0.05, 0) is 0 Å². The molecule has 0 aromatic carbocycles. The molecule has 1 unspecified atom stereocenters. The zero-order valence-electron chi connectivity index (χ0n) is 9.59. The van der Waals surface area contributed by atoms with Gasteiger partial charge in [-0.3, -0.25) is 14.2 Å². The molecule has 17 heavy (non-hydrogen) atoms. The minimum atomic E-state index is -3.71. The zero-order chi connectivity index (χ0) is 12.8. The van der Waals surface area contributed by atoms with Crippen LogP contribution in [-0.4, -0.2) is 75.6 Å². The third-order valence-corrected chi connectivity index (χ3v) is 4.13. The van der Waals surface area contributed by atoms with Crippen molar-refractivity contribution in [3.05, 3.63) is 0 Å². The molecule has 1 atom stereocenters. The Morgan fingerprint density at radius 2 is 1.53 bits per heavy atom. The summed E-state index contributed by atoms with van der Waals surface area (Å²) >= 11 is 0. The number of hydrogen-bond donors (Lipinski definition) is 0. The molecule has 0 spiro atoms. The Kier molecular flexibility index (Phi) is 10.4. The Bertz CT molecular complexity index is 298. The summed E-state index contributed by atoms with van der Waals surface area (Å²) in [5, 5.41) is 0. The van der Waals surface area contributed by atoms with Crippen molar-refractivity contribution in [1.82, 2.24) is 0 Å². The van der Waals surface area contributed by atoms with Crippen molar-refractivity contribution in [3.8, 4) is 0 Å². The van der Waals surface area contributed by atoms with Crippen molar-refractivity contribution >= 4 is 49.1 Å². The van der Waals surface area contributed by atoms with Crippen LogP contribution < -0.4 is 0 Å². The van der Waals surface area contributed by atoms with Crippen molar-refractivity contribution in [3.63, 3.8) is 0 Å². The summed E-state index contributed by atoms with van der Waals surface area (Å²) in [5.74, 6) is -1.55. The predicted molar refractivity (Wildman–Crippen MR) is 61.2 cm³/mol. The molecule has 0 heterocycles. The fourth-order valence-corrected chi connectivity index (χ4v) is 2.42. The van der Waals surface area contributed by atoms with E-state index in [1.807, 2.05) is 0 Å². The van der Waals surface area contributed by atoms with E-state index in [2.05, 4.69) is 18.5 Å². The number of methoxy groups -OCH3 is 2. The number of rotatable bonds is 6. The van der Waals surface area contributed by atoms with E-state index in [1.54, 1.807) is 0 Å². The van der Waals surface area contributed by atoms with Crippen molar-refractivity contribution in [2.45, 2.75) is 12.1 Å². The van der Waals surface area contributed by atoms with Crippen molar-refractivity contribution in [1.29, 1.82) is 0 Å². The van der Waals surface area contributed by atoms with E-state index < -0.39 is 31.6 Å². The molecule has 96 valence electrons. The second kappa shape index (κ2) is 9.08. The van der Waals surface area contributed by atoms with Gasteiger partial charge in [0.1, 0.15) is 0 Å². The number of esters is 2. The van der Waals surface area contributed by atoms with Crippen molar-refractivity contribution in [2.24, 2.45) is 0 Å². The summed E-state index contributed by atoms with van der Waals surface area (Å²) in [7, 11) is 0.806. The molecule has 0 radical (unpaired) electrons. The molecule has 0 aliphatic heterocycles. The van der Waals surface area contributed by atoms with E-state index in [1.165, 1.54) is 0 Å². The third-order valence-electron chi connectivity index (χ3n) is 1.95. The minimum absolute atomic E-state index is 0. The Morgan fingerprint density at radius 1 is 1.06 bits per heavy atom. The molecule has 0 saturated carbocycles.